The van der Waals surface area contributed by atoms with Gasteiger partial charge in [0.2, 0.25) is 11.8 Å². The molecule has 0 spiro atoms. The van der Waals surface area contributed by atoms with E-state index >= 15 is 0 Å². The summed E-state index contributed by atoms with van der Waals surface area (Å²) < 4.78 is 12.8. The fraction of sp³-hybridized carbons (Fsp3) is 0.429. The molecule has 0 heterocycles. The van der Waals surface area contributed by atoms with Gasteiger partial charge in [-0.1, -0.05) is 0 Å². The highest BCUT2D eigenvalue weighted by molar-refractivity contribution is 5.94. The van der Waals surface area contributed by atoms with Crippen LogP contribution in [0.15, 0.2) is 24.3 Å². The van der Waals surface area contributed by atoms with Gasteiger partial charge < -0.3 is 16.0 Å². The number of carbonyl (C=O) groups is 2. The standard InChI is InChI=1S/C14H20FN3O2.ClH/c1-10(2)18(14(20)7-8-16)9-13(19)17-12-5-3-11(15)4-6-12;/h3-6,10H,7-9,16H2,1-2H3,(H,17,19);1H. The summed E-state index contributed by atoms with van der Waals surface area (Å²) in [6.45, 7) is 3.87. The third kappa shape index (κ3) is 6.55. The summed E-state index contributed by atoms with van der Waals surface area (Å²) in [5, 5.41) is 2.62. The molecule has 1 aromatic carbocycles. The minimum atomic E-state index is -0.370. The second kappa shape index (κ2) is 9.31. The number of nitrogens with zero attached hydrogens (tertiary/aromatic N) is 1. The van der Waals surface area contributed by atoms with Gasteiger partial charge in [-0.15, -0.1) is 12.4 Å². The maximum atomic E-state index is 12.8. The number of anilines is 1. The van der Waals surface area contributed by atoms with E-state index in [0.717, 1.165) is 0 Å². The van der Waals surface area contributed by atoms with Crippen molar-refractivity contribution < 1.29 is 14.0 Å². The summed E-state index contributed by atoms with van der Waals surface area (Å²) in [5.41, 5.74) is 5.84. The molecule has 0 aliphatic carbocycles. The van der Waals surface area contributed by atoms with Gasteiger partial charge in [-0.2, -0.15) is 0 Å². The largest absolute Gasteiger partial charge is 0.331 e. The molecule has 5 nitrogen and oxygen atoms in total. The zero-order chi connectivity index (χ0) is 15.1. The molecular formula is C14H21ClFN3O2. The van der Waals surface area contributed by atoms with Crippen LogP contribution in [0.4, 0.5) is 10.1 Å². The number of hydrogen-bond donors (Lipinski definition) is 2. The molecule has 3 N–H and O–H groups in total. The molecule has 2 amide bonds. The van der Waals surface area contributed by atoms with Gasteiger partial charge in [0.15, 0.2) is 0 Å². The van der Waals surface area contributed by atoms with Gasteiger partial charge in [0.25, 0.3) is 0 Å². The molecule has 1 aromatic rings. The smallest absolute Gasteiger partial charge is 0.244 e. The van der Waals surface area contributed by atoms with Crippen LogP contribution in [0, 0.1) is 5.82 Å². The van der Waals surface area contributed by atoms with E-state index in [4.69, 9.17) is 5.73 Å². The number of benzene rings is 1. The zero-order valence-electron chi connectivity index (χ0n) is 12.1. The molecule has 0 saturated heterocycles. The minimum Gasteiger partial charge on any atom is -0.331 e. The molecule has 0 radical (unpaired) electrons. The van der Waals surface area contributed by atoms with Gasteiger partial charge in [-0.3, -0.25) is 9.59 Å². The fourth-order valence-electron chi connectivity index (χ4n) is 1.71. The Morgan fingerprint density at radius 3 is 2.33 bits per heavy atom. The monoisotopic (exact) mass is 317 g/mol. The molecule has 0 saturated carbocycles. The van der Waals surface area contributed by atoms with Crippen molar-refractivity contribution in [3.05, 3.63) is 30.1 Å². The molecule has 0 bridgehead atoms. The van der Waals surface area contributed by atoms with Gasteiger partial charge >= 0.3 is 0 Å². The van der Waals surface area contributed by atoms with E-state index in [0.29, 0.717) is 5.69 Å². The highest BCUT2D eigenvalue weighted by Gasteiger charge is 2.19. The SMILES string of the molecule is CC(C)N(CC(=O)Nc1ccc(F)cc1)C(=O)CCN.Cl. The Hall–Kier alpha value is -1.66. The van der Waals surface area contributed by atoms with E-state index in [9.17, 15) is 14.0 Å². The topological polar surface area (TPSA) is 75.4 Å². The molecule has 0 fully saturated rings. The summed E-state index contributed by atoms with van der Waals surface area (Å²) in [6, 6.07) is 5.36. The van der Waals surface area contributed by atoms with Crippen molar-refractivity contribution in [1.82, 2.24) is 4.90 Å². The maximum absolute atomic E-state index is 12.8. The Bertz CT molecular complexity index is 466. The van der Waals surface area contributed by atoms with Crippen molar-refractivity contribution in [2.24, 2.45) is 5.73 Å². The molecule has 0 aliphatic heterocycles. The Balaban J connectivity index is 0.00000400. The number of halogens is 2. The third-order valence-electron chi connectivity index (χ3n) is 2.74. The molecule has 0 atom stereocenters. The molecule has 1 rings (SSSR count). The van der Waals surface area contributed by atoms with E-state index in [1.165, 1.54) is 29.2 Å². The van der Waals surface area contributed by atoms with Gasteiger partial charge in [0.1, 0.15) is 12.4 Å². The summed E-state index contributed by atoms with van der Waals surface area (Å²) in [4.78, 5) is 25.2. The third-order valence-corrected chi connectivity index (χ3v) is 2.74. The quantitative estimate of drug-likeness (QED) is 0.839. The Kier molecular flexibility index (Phi) is 8.57. The lowest BCUT2D eigenvalue weighted by Gasteiger charge is -2.26. The Morgan fingerprint density at radius 2 is 1.86 bits per heavy atom. The van der Waals surface area contributed by atoms with Crippen LogP contribution in [0.3, 0.4) is 0 Å². The van der Waals surface area contributed by atoms with Crippen LogP contribution in [0.2, 0.25) is 0 Å². The van der Waals surface area contributed by atoms with Crippen LogP contribution in [0.1, 0.15) is 20.3 Å². The number of amides is 2. The highest BCUT2D eigenvalue weighted by Crippen LogP contribution is 2.09. The lowest BCUT2D eigenvalue weighted by atomic mass is 10.2. The minimum absolute atomic E-state index is 0. The summed E-state index contributed by atoms with van der Waals surface area (Å²) in [6.07, 6.45) is 0.210. The van der Waals surface area contributed by atoms with Crippen LogP contribution in [-0.4, -0.2) is 35.8 Å². The molecule has 7 heteroatoms. The lowest BCUT2D eigenvalue weighted by molar-refractivity contribution is -0.136. The Labute approximate surface area is 130 Å². The predicted molar refractivity (Wildman–Crippen MR) is 82.8 cm³/mol. The average Bonchev–Trinajstić information content (AvgIpc) is 2.38. The van der Waals surface area contributed by atoms with E-state index in [2.05, 4.69) is 5.32 Å². The summed E-state index contributed by atoms with van der Waals surface area (Å²) in [5.74, 6) is -0.850. The van der Waals surface area contributed by atoms with Gasteiger partial charge in [0.05, 0.1) is 0 Å². The average molecular weight is 318 g/mol. The number of rotatable bonds is 6. The van der Waals surface area contributed by atoms with Gasteiger partial charge in [0, 0.05) is 24.7 Å². The van der Waals surface area contributed by atoms with Crippen LogP contribution in [-0.2, 0) is 9.59 Å². The van der Waals surface area contributed by atoms with Crippen LogP contribution in [0.25, 0.3) is 0 Å². The van der Waals surface area contributed by atoms with Crippen molar-refractivity contribution in [2.45, 2.75) is 26.3 Å². The highest BCUT2D eigenvalue weighted by atomic mass is 35.5. The van der Waals surface area contributed by atoms with Crippen molar-refractivity contribution in [1.29, 1.82) is 0 Å². The number of carbonyl (C=O) groups excluding carboxylic acids is 2. The first-order valence-corrected chi connectivity index (χ1v) is 6.49. The molecule has 21 heavy (non-hydrogen) atoms. The molecule has 118 valence electrons. The van der Waals surface area contributed by atoms with E-state index in [1.54, 1.807) is 0 Å². The van der Waals surface area contributed by atoms with Crippen molar-refractivity contribution in [2.75, 3.05) is 18.4 Å². The second-order valence-electron chi connectivity index (χ2n) is 4.71. The molecule has 0 unspecified atom stereocenters. The zero-order valence-corrected chi connectivity index (χ0v) is 13.0. The predicted octanol–water partition coefficient (Wildman–Crippen LogP) is 1.77. The van der Waals surface area contributed by atoms with Crippen molar-refractivity contribution in [3.8, 4) is 0 Å². The summed E-state index contributed by atoms with van der Waals surface area (Å²) in [7, 11) is 0. The first-order chi connectivity index (χ1) is 9.43. The first-order valence-electron chi connectivity index (χ1n) is 6.49. The maximum Gasteiger partial charge on any atom is 0.244 e. The molecule has 0 aliphatic rings. The number of nitrogens with one attached hydrogen (secondary N) is 1. The van der Waals surface area contributed by atoms with E-state index < -0.39 is 0 Å². The normalized spacial score (nSPS) is 9.95. The number of nitrogens with two attached hydrogens (primary N) is 1. The fourth-order valence-corrected chi connectivity index (χ4v) is 1.71. The summed E-state index contributed by atoms with van der Waals surface area (Å²) >= 11 is 0. The van der Waals surface area contributed by atoms with Gasteiger partial charge in [-0.25, -0.2) is 4.39 Å². The number of hydrogen-bond acceptors (Lipinski definition) is 3. The second-order valence-corrected chi connectivity index (χ2v) is 4.71. The van der Waals surface area contributed by atoms with E-state index in [1.807, 2.05) is 13.8 Å². The molecule has 0 aromatic heterocycles. The molecular weight excluding hydrogens is 297 g/mol. The van der Waals surface area contributed by atoms with Crippen LogP contribution >= 0.6 is 12.4 Å². The van der Waals surface area contributed by atoms with Crippen LogP contribution in [0.5, 0.6) is 0 Å². The van der Waals surface area contributed by atoms with Gasteiger partial charge in [-0.05, 0) is 38.1 Å². The van der Waals surface area contributed by atoms with Crippen LogP contribution < -0.4 is 11.1 Å². The van der Waals surface area contributed by atoms with Crippen molar-refractivity contribution in [3.63, 3.8) is 0 Å². The van der Waals surface area contributed by atoms with E-state index in [-0.39, 0.29) is 55.6 Å². The first kappa shape index (κ1) is 19.3. The Morgan fingerprint density at radius 1 is 1.29 bits per heavy atom. The van der Waals surface area contributed by atoms with Crippen molar-refractivity contribution >= 4 is 29.9 Å². The lowest BCUT2D eigenvalue weighted by Crippen LogP contribution is -2.43.